The molecule has 1 saturated heterocycles. The zero-order valence-electron chi connectivity index (χ0n) is 12.0. The number of carbonyl (C=O) groups is 1. The van der Waals surface area contributed by atoms with E-state index in [1.54, 1.807) is 0 Å². The number of ether oxygens (including phenoxy) is 1. The maximum Gasteiger partial charge on any atom is 0.163 e. The molecule has 5 heteroatoms. The molecule has 1 fully saturated rings. The number of hydrogen-bond acceptors (Lipinski definition) is 4. The van der Waals surface area contributed by atoms with E-state index in [0.717, 1.165) is 11.0 Å². The van der Waals surface area contributed by atoms with E-state index in [0.29, 0.717) is 31.9 Å². The number of aromatic nitrogens is 2. The largest absolute Gasteiger partial charge is 0.381 e. The average Bonchev–Trinajstić information content (AvgIpc) is 2.86. The number of rotatable bonds is 3. The van der Waals surface area contributed by atoms with Crippen molar-refractivity contribution >= 4 is 16.8 Å². The Balaban J connectivity index is 1.96. The topological polar surface area (TPSA) is 67.9 Å². The molecule has 2 heterocycles. The minimum absolute atomic E-state index is 0.0285. The number of carbonyl (C=O) groups excluding carboxylic acids is 1. The van der Waals surface area contributed by atoms with Crippen molar-refractivity contribution in [3.63, 3.8) is 0 Å². The summed E-state index contributed by atoms with van der Waals surface area (Å²) in [6, 6.07) is 9.81. The van der Waals surface area contributed by atoms with E-state index < -0.39 is 5.92 Å². The molecule has 21 heavy (non-hydrogen) atoms. The van der Waals surface area contributed by atoms with Gasteiger partial charge in [-0.2, -0.15) is 5.26 Å². The summed E-state index contributed by atoms with van der Waals surface area (Å²) in [5.74, 6) is -0.386. The van der Waals surface area contributed by atoms with Crippen LogP contribution >= 0.6 is 0 Å². The van der Waals surface area contributed by atoms with Crippen LogP contribution in [0.2, 0.25) is 0 Å². The smallest absolute Gasteiger partial charge is 0.163 e. The van der Waals surface area contributed by atoms with Gasteiger partial charge >= 0.3 is 0 Å². The number of hydrogen-bond donors (Lipinski definition) is 0. The Morgan fingerprint density at radius 1 is 1.43 bits per heavy atom. The van der Waals surface area contributed by atoms with Gasteiger partial charge in [-0.3, -0.25) is 4.79 Å². The summed E-state index contributed by atoms with van der Waals surface area (Å²) < 4.78 is 7.13. The zero-order valence-corrected chi connectivity index (χ0v) is 12.0. The number of ketones is 1. The lowest BCUT2D eigenvalue weighted by Gasteiger charge is -2.22. The third kappa shape index (κ3) is 2.43. The predicted molar refractivity (Wildman–Crippen MR) is 77.6 cm³/mol. The summed E-state index contributed by atoms with van der Waals surface area (Å²) in [6.07, 6.45) is 1.39. The SMILES string of the molecule is Cn1c(C(C#N)C(=O)C2CCOCC2)nc2ccccc21. The second-order valence-electron chi connectivity index (χ2n) is 5.37. The number of nitriles is 1. The number of benzene rings is 1. The fourth-order valence-electron chi connectivity index (χ4n) is 2.89. The van der Waals surface area contributed by atoms with Gasteiger partial charge in [-0.05, 0) is 25.0 Å². The third-order valence-electron chi connectivity index (χ3n) is 4.12. The number of Topliss-reactive ketones (excluding diaryl/α,β-unsaturated/α-hetero) is 1. The molecule has 0 saturated carbocycles. The minimum atomic E-state index is -0.800. The Bertz CT molecular complexity index is 708. The molecule has 1 aliphatic rings. The highest BCUT2D eigenvalue weighted by Crippen LogP contribution is 2.27. The van der Waals surface area contributed by atoms with Crippen LogP contribution in [0.15, 0.2) is 24.3 Å². The second kappa shape index (κ2) is 5.66. The van der Waals surface area contributed by atoms with Crippen molar-refractivity contribution in [3.8, 4) is 6.07 Å². The molecule has 1 aromatic carbocycles. The van der Waals surface area contributed by atoms with E-state index in [1.807, 2.05) is 35.9 Å². The fraction of sp³-hybridized carbons (Fsp3) is 0.438. The molecule has 0 bridgehead atoms. The fourth-order valence-corrected chi connectivity index (χ4v) is 2.89. The highest BCUT2D eigenvalue weighted by Gasteiger charge is 2.32. The highest BCUT2D eigenvalue weighted by molar-refractivity contribution is 5.90. The van der Waals surface area contributed by atoms with E-state index in [2.05, 4.69) is 11.1 Å². The molecule has 0 spiro atoms. The molecule has 108 valence electrons. The first kappa shape index (κ1) is 13.8. The summed E-state index contributed by atoms with van der Waals surface area (Å²) in [4.78, 5) is 17.1. The van der Waals surface area contributed by atoms with Gasteiger partial charge in [0.2, 0.25) is 0 Å². The van der Waals surface area contributed by atoms with Gasteiger partial charge in [-0.25, -0.2) is 4.98 Å². The number of para-hydroxylation sites is 2. The molecule has 1 atom stereocenters. The monoisotopic (exact) mass is 283 g/mol. The lowest BCUT2D eigenvalue weighted by molar-refractivity contribution is -0.126. The molecular formula is C16H17N3O2. The molecular weight excluding hydrogens is 266 g/mol. The van der Waals surface area contributed by atoms with Crippen LogP contribution in [0, 0.1) is 17.2 Å². The minimum Gasteiger partial charge on any atom is -0.381 e. The van der Waals surface area contributed by atoms with Gasteiger partial charge < -0.3 is 9.30 Å². The Morgan fingerprint density at radius 3 is 2.81 bits per heavy atom. The molecule has 1 aliphatic heterocycles. The normalized spacial score (nSPS) is 17.5. The maximum absolute atomic E-state index is 12.6. The van der Waals surface area contributed by atoms with Crippen LogP contribution in [-0.2, 0) is 16.6 Å². The van der Waals surface area contributed by atoms with E-state index in [-0.39, 0.29) is 11.7 Å². The first-order valence-electron chi connectivity index (χ1n) is 7.15. The molecule has 0 aliphatic carbocycles. The Morgan fingerprint density at radius 2 is 2.14 bits per heavy atom. The number of fused-ring (bicyclic) bond motifs is 1. The lowest BCUT2D eigenvalue weighted by atomic mass is 9.87. The molecule has 1 unspecified atom stereocenters. The van der Waals surface area contributed by atoms with Crippen LogP contribution in [0.4, 0.5) is 0 Å². The number of nitrogens with zero attached hydrogens (tertiary/aromatic N) is 3. The van der Waals surface area contributed by atoms with Crippen molar-refractivity contribution in [2.75, 3.05) is 13.2 Å². The Labute approximate surface area is 123 Å². The second-order valence-corrected chi connectivity index (χ2v) is 5.37. The molecule has 0 N–H and O–H groups in total. The van der Waals surface area contributed by atoms with Crippen molar-refractivity contribution < 1.29 is 9.53 Å². The van der Waals surface area contributed by atoms with Gasteiger partial charge in [0.1, 0.15) is 5.82 Å². The number of imidazole rings is 1. The van der Waals surface area contributed by atoms with Gasteiger partial charge in [0.25, 0.3) is 0 Å². The summed E-state index contributed by atoms with van der Waals surface area (Å²) in [5.41, 5.74) is 1.75. The highest BCUT2D eigenvalue weighted by atomic mass is 16.5. The number of aryl methyl sites for hydroxylation is 1. The Hall–Kier alpha value is -2.19. The molecule has 0 radical (unpaired) electrons. The van der Waals surface area contributed by atoms with Crippen LogP contribution in [0.5, 0.6) is 0 Å². The van der Waals surface area contributed by atoms with Gasteiger partial charge in [-0.1, -0.05) is 12.1 Å². The standard InChI is InChI=1S/C16H17N3O2/c1-19-14-5-3-2-4-13(14)18-16(19)12(10-17)15(20)11-6-8-21-9-7-11/h2-5,11-12H,6-9H2,1H3. The third-order valence-corrected chi connectivity index (χ3v) is 4.12. The van der Waals surface area contributed by atoms with Gasteiger partial charge in [-0.15, -0.1) is 0 Å². The summed E-state index contributed by atoms with van der Waals surface area (Å²) in [6.45, 7) is 1.19. The average molecular weight is 283 g/mol. The van der Waals surface area contributed by atoms with E-state index in [1.165, 1.54) is 0 Å². The van der Waals surface area contributed by atoms with Crippen molar-refractivity contribution in [1.29, 1.82) is 5.26 Å². The quantitative estimate of drug-likeness (QED) is 0.865. The molecule has 1 aromatic heterocycles. The Kier molecular flexibility index (Phi) is 3.72. The van der Waals surface area contributed by atoms with Crippen LogP contribution in [0.1, 0.15) is 24.6 Å². The van der Waals surface area contributed by atoms with Gasteiger partial charge in [0.15, 0.2) is 11.7 Å². The van der Waals surface area contributed by atoms with Crippen LogP contribution in [0.25, 0.3) is 11.0 Å². The van der Waals surface area contributed by atoms with E-state index >= 15 is 0 Å². The molecule has 3 rings (SSSR count). The molecule has 2 aromatic rings. The lowest BCUT2D eigenvalue weighted by Crippen LogP contribution is -2.28. The molecule has 0 amide bonds. The van der Waals surface area contributed by atoms with E-state index in [4.69, 9.17) is 4.74 Å². The van der Waals surface area contributed by atoms with E-state index in [9.17, 15) is 10.1 Å². The van der Waals surface area contributed by atoms with Crippen molar-refractivity contribution in [2.24, 2.45) is 13.0 Å². The van der Waals surface area contributed by atoms with Crippen molar-refractivity contribution in [2.45, 2.75) is 18.8 Å². The van der Waals surface area contributed by atoms with Gasteiger partial charge in [0, 0.05) is 26.2 Å². The summed E-state index contributed by atoms with van der Waals surface area (Å²) in [5, 5.41) is 9.47. The van der Waals surface area contributed by atoms with Crippen molar-refractivity contribution in [1.82, 2.24) is 9.55 Å². The summed E-state index contributed by atoms with van der Waals surface area (Å²) in [7, 11) is 1.85. The van der Waals surface area contributed by atoms with Crippen LogP contribution in [-0.4, -0.2) is 28.5 Å². The van der Waals surface area contributed by atoms with Crippen LogP contribution in [0.3, 0.4) is 0 Å². The zero-order chi connectivity index (χ0) is 14.8. The predicted octanol–water partition coefficient (Wildman–Crippen LogP) is 2.18. The first-order valence-corrected chi connectivity index (χ1v) is 7.15. The molecule has 5 nitrogen and oxygen atoms in total. The van der Waals surface area contributed by atoms with Crippen molar-refractivity contribution in [3.05, 3.63) is 30.1 Å². The van der Waals surface area contributed by atoms with Crippen LogP contribution < -0.4 is 0 Å². The summed E-state index contributed by atoms with van der Waals surface area (Å²) >= 11 is 0. The first-order chi connectivity index (χ1) is 10.2. The maximum atomic E-state index is 12.6. The van der Waals surface area contributed by atoms with Gasteiger partial charge in [0.05, 0.1) is 17.1 Å².